The van der Waals surface area contributed by atoms with Crippen LogP contribution >= 0.6 is 11.6 Å². The molecule has 34 heavy (non-hydrogen) atoms. The van der Waals surface area contributed by atoms with E-state index in [1.54, 1.807) is 48.5 Å². The zero-order chi connectivity index (χ0) is 23.8. The number of ether oxygens (including phenoxy) is 1. The van der Waals surface area contributed by atoms with Crippen molar-refractivity contribution in [3.8, 4) is 11.5 Å². The third-order valence-electron chi connectivity index (χ3n) is 5.64. The maximum atomic E-state index is 15.5. The number of allylic oxidation sites excluding steroid dienone is 2. The average Bonchev–Trinajstić information content (AvgIpc) is 2.86. The Morgan fingerprint density at radius 2 is 1.32 bits per heavy atom. The van der Waals surface area contributed by atoms with Gasteiger partial charge in [-0.3, -0.25) is 0 Å². The van der Waals surface area contributed by atoms with Gasteiger partial charge in [0.15, 0.2) is 0 Å². The van der Waals surface area contributed by atoms with E-state index in [1.165, 1.54) is 0 Å². The second-order valence-electron chi connectivity index (χ2n) is 8.12. The standard InChI is InChI=1S/C30H25ClF2O/c31-25-17-15-24(16-18-25)28(19-14-22-8-3-1-4-9-22)30(33)29(32)21-23-10-7-13-27(20-23)34-26-11-5-2-6-12-26/h1-13,15-18,20,28H,14,19,21H2. The Hall–Kier alpha value is -3.43. The maximum absolute atomic E-state index is 15.5. The predicted octanol–water partition coefficient (Wildman–Crippen LogP) is 9.24. The molecule has 4 aromatic carbocycles. The summed E-state index contributed by atoms with van der Waals surface area (Å²) in [6.07, 6.45) is 0.935. The number of para-hydroxylation sites is 1. The first-order valence-corrected chi connectivity index (χ1v) is 11.6. The lowest BCUT2D eigenvalue weighted by atomic mass is 9.90. The molecule has 1 atom stereocenters. The molecule has 4 rings (SSSR count). The molecular formula is C30H25ClF2O. The highest BCUT2D eigenvalue weighted by Crippen LogP contribution is 2.35. The molecule has 0 saturated heterocycles. The van der Waals surface area contributed by atoms with Crippen molar-refractivity contribution in [1.82, 2.24) is 0 Å². The molecule has 0 N–H and O–H groups in total. The van der Waals surface area contributed by atoms with E-state index in [-0.39, 0.29) is 6.42 Å². The maximum Gasteiger partial charge on any atom is 0.139 e. The first-order valence-electron chi connectivity index (χ1n) is 11.2. The van der Waals surface area contributed by atoms with E-state index in [0.29, 0.717) is 40.5 Å². The van der Waals surface area contributed by atoms with Gasteiger partial charge in [0.05, 0.1) is 0 Å². The minimum absolute atomic E-state index is 0.146. The number of aryl methyl sites for hydroxylation is 1. The fourth-order valence-electron chi connectivity index (χ4n) is 3.89. The number of hydrogen-bond acceptors (Lipinski definition) is 1. The molecule has 0 amide bonds. The molecule has 4 aromatic rings. The molecule has 0 heterocycles. The predicted molar refractivity (Wildman–Crippen MR) is 135 cm³/mol. The summed E-state index contributed by atoms with van der Waals surface area (Å²) in [5.41, 5.74) is 2.42. The smallest absolute Gasteiger partial charge is 0.139 e. The summed E-state index contributed by atoms with van der Waals surface area (Å²) in [6.45, 7) is 0. The van der Waals surface area contributed by atoms with Gasteiger partial charge in [-0.25, -0.2) is 8.78 Å². The van der Waals surface area contributed by atoms with Crippen LogP contribution in [0, 0.1) is 0 Å². The molecule has 0 aliphatic carbocycles. The molecule has 0 spiro atoms. The van der Waals surface area contributed by atoms with Crippen molar-refractivity contribution < 1.29 is 13.5 Å². The average molecular weight is 475 g/mol. The van der Waals surface area contributed by atoms with Crippen molar-refractivity contribution in [1.29, 1.82) is 0 Å². The Balaban J connectivity index is 1.54. The van der Waals surface area contributed by atoms with Crippen molar-refractivity contribution in [3.05, 3.63) is 143 Å². The lowest BCUT2D eigenvalue weighted by Crippen LogP contribution is -2.05. The summed E-state index contributed by atoms with van der Waals surface area (Å²) >= 11 is 6.02. The van der Waals surface area contributed by atoms with Crippen molar-refractivity contribution in [2.75, 3.05) is 0 Å². The van der Waals surface area contributed by atoms with E-state index >= 15 is 8.78 Å². The summed E-state index contributed by atoms with van der Waals surface area (Å²) in [5.74, 6) is -0.945. The molecule has 4 heteroatoms. The van der Waals surface area contributed by atoms with Gasteiger partial charge in [0.2, 0.25) is 0 Å². The zero-order valence-corrected chi connectivity index (χ0v) is 19.4. The van der Waals surface area contributed by atoms with Crippen LogP contribution in [0.1, 0.15) is 29.0 Å². The van der Waals surface area contributed by atoms with Gasteiger partial charge in [-0.15, -0.1) is 0 Å². The number of benzene rings is 4. The summed E-state index contributed by atoms with van der Waals surface area (Å²) in [5, 5.41) is 0.561. The third kappa shape index (κ3) is 6.55. The van der Waals surface area contributed by atoms with Crippen LogP contribution in [0.25, 0.3) is 0 Å². The Bertz CT molecular complexity index is 1220. The minimum atomic E-state index is -0.773. The van der Waals surface area contributed by atoms with Crippen LogP contribution in [0.5, 0.6) is 11.5 Å². The highest BCUT2D eigenvalue weighted by Gasteiger charge is 2.22. The van der Waals surface area contributed by atoms with Crippen LogP contribution in [-0.4, -0.2) is 0 Å². The van der Waals surface area contributed by atoms with E-state index in [0.717, 1.165) is 5.56 Å². The van der Waals surface area contributed by atoms with Crippen molar-refractivity contribution in [3.63, 3.8) is 0 Å². The van der Waals surface area contributed by atoms with Crippen molar-refractivity contribution >= 4 is 11.6 Å². The lowest BCUT2D eigenvalue weighted by Gasteiger charge is -2.17. The first kappa shape index (κ1) is 23.7. The quantitative estimate of drug-likeness (QED) is 0.235. The summed E-state index contributed by atoms with van der Waals surface area (Å²) < 4.78 is 36.6. The van der Waals surface area contributed by atoms with Gasteiger partial charge < -0.3 is 4.74 Å². The van der Waals surface area contributed by atoms with Crippen LogP contribution in [0.2, 0.25) is 5.02 Å². The Labute approximate surface area is 204 Å². The van der Waals surface area contributed by atoms with Crippen molar-refractivity contribution in [2.24, 2.45) is 0 Å². The molecule has 0 fully saturated rings. The molecule has 0 saturated carbocycles. The highest BCUT2D eigenvalue weighted by atomic mass is 35.5. The molecule has 0 aliphatic heterocycles. The molecule has 172 valence electrons. The van der Waals surface area contributed by atoms with Gasteiger partial charge in [0.25, 0.3) is 0 Å². The molecule has 0 bridgehead atoms. The zero-order valence-electron chi connectivity index (χ0n) is 18.6. The molecular weight excluding hydrogens is 450 g/mol. The van der Waals surface area contributed by atoms with Crippen LogP contribution in [-0.2, 0) is 12.8 Å². The molecule has 0 aliphatic rings. The van der Waals surface area contributed by atoms with Crippen LogP contribution in [0.4, 0.5) is 8.78 Å². The minimum Gasteiger partial charge on any atom is -0.457 e. The van der Waals surface area contributed by atoms with Gasteiger partial charge >= 0.3 is 0 Å². The largest absolute Gasteiger partial charge is 0.457 e. The van der Waals surface area contributed by atoms with E-state index < -0.39 is 17.6 Å². The SMILES string of the molecule is FC(Cc1cccc(Oc2ccccc2)c1)=C(F)C(CCc1ccccc1)c1ccc(Cl)cc1. The molecule has 1 unspecified atom stereocenters. The lowest BCUT2D eigenvalue weighted by molar-refractivity contribution is 0.457. The molecule has 0 aromatic heterocycles. The normalized spacial score (nSPS) is 12.7. The second-order valence-corrected chi connectivity index (χ2v) is 8.56. The Kier molecular flexibility index (Phi) is 8.11. The van der Waals surface area contributed by atoms with E-state index in [2.05, 4.69) is 0 Å². The monoisotopic (exact) mass is 474 g/mol. The summed E-state index contributed by atoms with van der Waals surface area (Å²) in [6, 6.07) is 33.2. The number of hydrogen-bond donors (Lipinski definition) is 0. The van der Waals surface area contributed by atoms with Crippen LogP contribution < -0.4 is 4.74 Å². The van der Waals surface area contributed by atoms with Crippen LogP contribution in [0.3, 0.4) is 0 Å². The Morgan fingerprint density at radius 1 is 0.706 bits per heavy atom. The second kappa shape index (κ2) is 11.6. The third-order valence-corrected chi connectivity index (χ3v) is 5.89. The first-order chi connectivity index (χ1) is 16.6. The fraction of sp³-hybridized carbons (Fsp3) is 0.133. The van der Waals surface area contributed by atoms with Gasteiger partial charge in [0, 0.05) is 17.4 Å². The number of halogens is 3. The highest BCUT2D eigenvalue weighted by molar-refractivity contribution is 6.30. The summed E-state index contributed by atoms with van der Waals surface area (Å²) in [7, 11) is 0. The topological polar surface area (TPSA) is 9.23 Å². The fourth-order valence-corrected chi connectivity index (χ4v) is 4.01. The van der Waals surface area contributed by atoms with Crippen LogP contribution in [0.15, 0.2) is 121 Å². The van der Waals surface area contributed by atoms with Gasteiger partial charge in [-0.1, -0.05) is 84.4 Å². The van der Waals surface area contributed by atoms with Gasteiger partial charge in [-0.2, -0.15) is 0 Å². The number of rotatable bonds is 9. The van der Waals surface area contributed by atoms with Gasteiger partial charge in [0.1, 0.15) is 23.2 Å². The Morgan fingerprint density at radius 3 is 2.03 bits per heavy atom. The molecule has 1 nitrogen and oxygen atoms in total. The van der Waals surface area contributed by atoms with Crippen molar-refractivity contribution in [2.45, 2.75) is 25.2 Å². The van der Waals surface area contributed by atoms with E-state index in [9.17, 15) is 0 Å². The van der Waals surface area contributed by atoms with E-state index in [1.807, 2.05) is 60.7 Å². The van der Waals surface area contributed by atoms with E-state index in [4.69, 9.17) is 16.3 Å². The summed E-state index contributed by atoms with van der Waals surface area (Å²) in [4.78, 5) is 0. The van der Waals surface area contributed by atoms with Gasteiger partial charge in [-0.05, 0) is 65.9 Å². The molecule has 0 radical (unpaired) electrons.